The first-order valence-electron chi connectivity index (χ1n) is 10.6. The van der Waals surface area contributed by atoms with Gasteiger partial charge in [0.2, 0.25) is 5.91 Å². The maximum atomic E-state index is 13.2. The van der Waals surface area contributed by atoms with Crippen LogP contribution in [0.3, 0.4) is 0 Å². The molecule has 0 heterocycles. The van der Waals surface area contributed by atoms with Gasteiger partial charge in [-0.2, -0.15) is 13.2 Å². The third-order valence-electron chi connectivity index (χ3n) is 7.62. The summed E-state index contributed by atoms with van der Waals surface area (Å²) in [6, 6.07) is 7.48. The minimum Gasteiger partial charge on any atom is -0.380 e. The lowest BCUT2D eigenvalue weighted by molar-refractivity contribution is -0.298. The van der Waals surface area contributed by atoms with Gasteiger partial charge in [0.25, 0.3) is 0 Å². The number of carbonyl (C=O) groups is 1. The first-order valence-corrected chi connectivity index (χ1v) is 11.4. The van der Waals surface area contributed by atoms with Crippen LogP contribution in [0.5, 0.6) is 0 Å². The van der Waals surface area contributed by atoms with Gasteiger partial charge in [0, 0.05) is 28.7 Å². The Morgan fingerprint density at radius 1 is 1.17 bits per heavy atom. The normalized spacial score (nSPS) is 35.7. The van der Waals surface area contributed by atoms with Crippen LogP contribution in [0.15, 0.2) is 28.7 Å². The second kappa shape index (κ2) is 7.48. The van der Waals surface area contributed by atoms with E-state index in [4.69, 9.17) is 5.73 Å². The van der Waals surface area contributed by atoms with Crippen LogP contribution in [0.1, 0.15) is 57.8 Å². The molecule has 0 aliphatic heterocycles. The molecule has 0 atom stereocenters. The number of aliphatic hydroxyl groups is 1. The highest BCUT2D eigenvalue weighted by atomic mass is 79.9. The molecule has 4 nitrogen and oxygen atoms in total. The number of anilines is 1. The predicted octanol–water partition coefficient (Wildman–Crippen LogP) is 4.93. The molecule has 3 N–H and O–H groups in total. The molecule has 166 valence electrons. The molecular formula is C22H28BrF3N2O2. The number of hydrogen-bond acceptors (Lipinski definition) is 3. The summed E-state index contributed by atoms with van der Waals surface area (Å²) >= 11 is 3.45. The van der Waals surface area contributed by atoms with Crippen molar-refractivity contribution in [3.63, 3.8) is 0 Å². The van der Waals surface area contributed by atoms with Gasteiger partial charge in [-0.15, -0.1) is 0 Å². The van der Waals surface area contributed by atoms with Crippen molar-refractivity contribution < 1.29 is 23.1 Å². The zero-order valence-electron chi connectivity index (χ0n) is 16.8. The van der Waals surface area contributed by atoms with E-state index in [-0.39, 0.29) is 23.3 Å². The molecule has 0 unspecified atom stereocenters. The van der Waals surface area contributed by atoms with E-state index in [9.17, 15) is 23.1 Å². The van der Waals surface area contributed by atoms with E-state index in [0.29, 0.717) is 6.54 Å². The first kappa shape index (κ1) is 22.1. The van der Waals surface area contributed by atoms with Gasteiger partial charge in [0.1, 0.15) is 0 Å². The summed E-state index contributed by atoms with van der Waals surface area (Å²) in [6.07, 6.45) is 0.328. The van der Waals surface area contributed by atoms with Crippen LogP contribution in [0.25, 0.3) is 0 Å². The van der Waals surface area contributed by atoms with Crippen molar-refractivity contribution in [2.24, 2.45) is 17.1 Å². The average molecular weight is 489 g/mol. The molecule has 5 rings (SSSR count). The van der Waals surface area contributed by atoms with Crippen molar-refractivity contribution in [2.75, 3.05) is 11.4 Å². The fraction of sp³-hybridized carbons (Fsp3) is 0.682. The number of carbonyl (C=O) groups excluding carboxylic acids is 1. The van der Waals surface area contributed by atoms with Crippen LogP contribution in [0.4, 0.5) is 18.9 Å². The fourth-order valence-corrected chi connectivity index (χ4v) is 5.85. The van der Waals surface area contributed by atoms with E-state index in [2.05, 4.69) is 15.9 Å². The molecule has 1 aromatic rings. The Bertz CT molecular complexity index is 798. The molecule has 4 saturated carbocycles. The van der Waals surface area contributed by atoms with E-state index in [0.717, 1.165) is 48.7 Å². The highest BCUT2D eigenvalue weighted by Crippen LogP contribution is 2.53. The maximum absolute atomic E-state index is 13.2. The Hall–Kier alpha value is -1.12. The smallest absolute Gasteiger partial charge is 0.380 e. The summed E-state index contributed by atoms with van der Waals surface area (Å²) in [5.74, 6) is -0.627. The van der Waals surface area contributed by atoms with Crippen molar-refractivity contribution in [3.05, 3.63) is 28.7 Å². The molecule has 0 saturated heterocycles. The minimum atomic E-state index is -4.64. The summed E-state index contributed by atoms with van der Waals surface area (Å²) in [5.41, 5.74) is 4.49. The van der Waals surface area contributed by atoms with Crippen LogP contribution in [0, 0.1) is 11.3 Å². The molecule has 8 heteroatoms. The summed E-state index contributed by atoms with van der Waals surface area (Å²) < 4.78 is 39.7. The van der Waals surface area contributed by atoms with Crippen LogP contribution in [-0.4, -0.2) is 34.9 Å². The molecule has 4 aliphatic carbocycles. The number of alkyl halides is 3. The van der Waals surface area contributed by atoms with E-state index in [1.807, 2.05) is 24.3 Å². The highest BCUT2D eigenvalue weighted by molar-refractivity contribution is 9.10. The van der Waals surface area contributed by atoms with Gasteiger partial charge in [0.15, 0.2) is 5.60 Å². The fourth-order valence-electron chi connectivity index (χ4n) is 5.46. The molecule has 4 fully saturated rings. The quantitative estimate of drug-likeness (QED) is 0.617. The van der Waals surface area contributed by atoms with Gasteiger partial charge in [-0.1, -0.05) is 22.0 Å². The van der Waals surface area contributed by atoms with Crippen molar-refractivity contribution in [3.8, 4) is 0 Å². The monoisotopic (exact) mass is 488 g/mol. The van der Waals surface area contributed by atoms with E-state index < -0.39 is 30.5 Å². The molecule has 0 spiro atoms. The second-order valence-corrected chi connectivity index (χ2v) is 10.7. The van der Waals surface area contributed by atoms with Crippen LogP contribution in [0.2, 0.25) is 0 Å². The molecule has 0 aromatic heterocycles. The summed E-state index contributed by atoms with van der Waals surface area (Å²) in [4.78, 5) is 15.0. The Labute approximate surface area is 183 Å². The number of nitrogens with two attached hydrogens (primary N) is 1. The number of hydrogen-bond donors (Lipinski definition) is 2. The van der Waals surface area contributed by atoms with Crippen molar-refractivity contribution >= 4 is 27.5 Å². The molecular weight excluding hydrogens is 461 g/mol. The van der Waals surface area contributed by atoms with Crippen LogP contribution < -0.4 is 10.6 Å². The Kier molecular flexibility index (Phi) is 5.51. The van der Waals surface area contributed by atoms with Crippen molar-refractivity contribution in [1.29, 1.82) is 0 Å². The summed E-state index contributed by atoms with van der Waals surface area (Å²) in [6.45, 7) is 0.564. The average Bonchev–Trinajstić information content (AvgIpc) is 2.65. The highest BCUT2D eigenvalue weighted by Gasteiger charge is 2.61. The third kappa shape index (κ3) is 4.15. The van der Waals surface area contributed by atoms with Gasteiger partial charge < -0.3 is 15.7 Å². The zero-order valence-corrected chi connectivity index (χ0v) is 18.4. The number of rotatable bonds is 5. The number of amides is 1. The molecule has 1 amide bonds. The topological polar surface area (TPSA) is 66.6 Å². The van der Waals surface area contributed by atoms with E-state index >= 15 is 0 Å². The Morgan fingerprint density at radius 3 is 2.30 bits per heavy atom. The second-order valence-electron chi connectivity index (χ2n) is 9.83. The Morgan fingerprint density at radius 2 is 1.77 bits per heavy atom. The first-order chi connectivity index (χ1) is 13.9. The van der Waals surface area contributed by atoms with Crippen molar-refractivity contribution in [2.45, 2.75) is 75.1 Å². The van der Waals surface area contributed by atoms with Crippen LogP contribution >= 0.6 is 15.9 Å². The minimum absolute atomic E-state index is 0.0157. The standard InChI is InChI=1S/C22H28BrF3N2O2/c23-16-2-1-3-17(11-16)28(14-19-4-7-20(27,8-5-19)9-6-19)18(29)10-15-12-21(30,13-15)22(24,25)26/h1-3,11,15,30H,4-10,12-14,27H2. The molecule has 1 aromatic carbocycles. The number of nitrogens with zero attached hydrogens (tertiary/aromatic N) is 1. The molecule has 30 heavy (non-hydrogen) atoms. The number of halogens is 4. The molecule has 0 radical (unpaired) electrons. The van der Waals surface area contributed by atoms with Crippen LogP contribution in [-0.2, 0) is 4.79 Å². The lowest BCUT2D eigenvalue weighted by atomic mass is 9.57. The number of benzene rings is 1. The largest absolute Gasteiger partial charge is 0.417 e. The zero-order chi connectivity index (χ0) is 21.8. The predicted molar refractivity (Wildman–Crippen MR) is 112 cm³/mol. The summed E-state index contributed by atoms with van der Waals surface area (Å²) in [7, 11) is 0. The lowest BCUT2D eigenvalue weighted by Crippen LogP contribution is -2.57. The maximum Gasteiger partial charge on any atom is 0.417 e. The van der Waals surface area contributed by atoms with E-state index in [1.165, 1.54) is 0 Å². The number of fused-ring (bicyclic) bond motifs is 3. The molecule has 2 bridgehead atoms. The van der Waals surface area contributed by atoms with Gasteiger partial charge in [-0.05, 0) is 80.9 Å². The van der Waals surface area contributed by atoms with Gasteiger partial charge in [-0.25, -0.2) is 0 Å². The van der Waals surface area contributed by atoms with Gasteiger partial charge >= 0.3 is 6.18 Å². The SMILES string of the molecule is NC12CCC(CN(C(=O)CC3CC(O)(C(F)(F)F)C3)c3cccc(Br)c3)(CC1)CC2. The van der Waals surface area contributed by atoms with Gasteiger partial charge in [0.05, 0.1) is 0 Å². The molecule has 4 aliphatic rings. The lowest BCUT2D eigenvalue weighted by Gasteiger charge is -2.53. The Balaban J connectivity index is 1.49. The van der Waals surface area contributed by atoms with Gasteiger partial charge in [-0.3, -0.25) is 4.79 Å². The summed E-state index contributed by atoms with van der Waals surface area (Å²) in [5, 5.41) is 9.72. The van der Waals surface area contributed by atoms with Crippen molar-refractivity contribution in [1.82, 2.24) is 0 Å². The third-order valence-corrected chi connectivity index (χ3v) is 8.11. The van der Waals surface area contributed by atoms with E-state index in [1.54, 1.807) is 4.90 Å².